The van der Waals surface area contributed by atoms with Crippen LogP contribution in [0.25, 0.3) is 32.5 Å². The maximum atomic E-state index is 14.1. The summed E-state index contributed by atoms with van der Waals surface area (Å²) in [5.41, 5.74) is 13.9. The Morgan fingerprint density at radius 2 is 1.28 bits per heavy atom. The summed E-state index contributed by atoms with van der Waals surface area (Å²) < 4.78 is 47.4. The molecule has 3 atom stereocenters. The largest absolute Gasteiger partial charge is 0.494 e. The number of carbonyl (C=O) groups is 7. The zero-order valence-electron chi connectivity index (χ0n) is 62.8. The van der Waals surface area contributed by atoms with E-state index in [1.54, 1.807) is 85.6 Å². The topological polar surface area (TPSA) is 381 Å². The molecular weight excluding hydrogens is 1410 g/mol. The summed E-state index contributed by atoms with van der Waals surface area (Å²) >= 11 is 1.56. The van der Waals surface area contributed by atoms with E-state index in [4.69, 9.17) is 48.9 Å². The number of aliphatic hydroxyl groups is 1. The number of carbonyl (C=O) groups excluding carboxylic acids is 7. The van der Waals surface area contributed by atoms with Gasteiger partial charge in [-0.3, -0.25) is 58.5 Å². The quantitative estimate of drug-likeness (QED) is 0.0176. The van der Waals surface area contributed by atoms with E-state index in [1.165, 1.54) is 12.0 Å². The van der Waals surface area contributed by atoms with Gasteiger partial charge in [-0.1, -0.05) is 57.2 Å². The maximum absolute atomic E-state index is 14.1. The van der Waals surface area contributed by atoms with Crippen LogP contribution in [0.3, 0.4) is 0 Å². The Hall–Kier alpha value is -10.0. The summed E-state index contributed by atoms with van der Waals surface area (Å²) in [4.78, 5) is 114. The summed E-state index contributed by atoms with van der Waals surface area (Å²) in [5.74, 6) is -2.31. The number of aryl methyl sites for hydroxylation is 5. The molecule has 580 valence electrons. The highest BCUT2D eigenvalue weighted by atomic mass is 32.1. The van der Waals surface area contributed by atoms with Gasteiger partial charge in [0.05, 0.1) is 124 Å². The van der Waals surface area contributed by atoms with E-state index in [9.17, 15) is 38.7 Å². The van der Waals surface area contributed by atoms with E-state index in [-0.39, 0.29) is 127 Å². The van der Waals surface area contributed by atoms with Crippen molar-refractivity contribution in [2.45, 2.75) is 126 Å². The maximum Gasteiger partial charge on any atom is 0.276 e. The Labute approximate surface area is 630 Å². The molecule has 0 saturated carbocycles. The molecule has 0 radical (unpaired) electrons. The van der Waals surface area contributed by atoms with Crippen LogP contribution in [0.2, 0.25) is 0 Å². The molecule has 0 aliphatic carbocycles. The third-order valence-corrected chi connectivity index (χ3v) is 19.2. The number of nitrogens with two attached hydrogens (primary N) is 1. The van der Waals surface area contributed by atoms with Crippen molar-refractivity contribution in [1.29, 1.82) is 0 Å². The Kier molecular flexibility index (Phi) is 28.5. The van der Waals surface area contributed by atoms with Gasteiger partial charge in [0.25, 0.3) is 17.7 Å². The highest BCUT2D eigenvalue weighted by Crippen LogP contribution is 2.35. The van der Waals surface area contributed by atoms with Crippen LogP contribution < -0.4 is 41.8 Å². The van der Waals surface area contributed by atoms with Gasteiger partial charge >= 0.3 is 0 Å². The summed E-state index contributed by atoms with van der Waals surface area (Å²) in [5, 5.41) is 34.2. The average molecular weight is 1510 g/mol. The monoisotopic (exact) mass is 1510 g/mol. The average Bonchev–Trinajstić information content (AvgIpc) is 1.62. The number of morpholine rings is 1. The number of fused-ring (bicyclic) bond motifs is 2. The normalized spacial score (nSPS) is 15.1. The number of nitrogens with one attached hydrogen (secondary N) is 5. The lowest BCUT2D eigenvalue weighted by atomic mass is 9.85. The molecule has 5 aromatic heterocycles. The van der Waals surface area contributed by atoms with E-state index in [2.05, 4.69) is 46.7 Å². The molecule has 0 unspecified atom stereocenters. The van der Waals surface area contributed by atoms with Gasteiger partial charge in [0.1, 0.15) is 46.0 Å². The second kappa shape index (κ2) is 38.2. The number of anilines is 2. The number of aliphatic hydroxyl groups excluding tert-OH is 1. The Morgan fingerprint density at radius 3 is 1.83 bits per heavy atom. The number of aromatic nitrogens is 9. The molecule has 2 fully saturated rings. The van der Waals surface area contributed by atoms with E-state index in [0.717, 1.165) is 41.3 Å². The van der Waals surface area contributed by atoms with Crippen LogP contribution >= 0.6 is 11.3 Å². The zero-order valence-corrected chi connectivity index (χ0v) is 63.6. The van der Waals surface area contributed by atoms with Crippen molar-refractivity contribution in [2.24, 2.45) is 11.1 Å². The number of benzene rings is 3. The Bertz CT molecular complexity index is 4470. The molecule has 7 heterocycles. The molecule has 10 rings (SSSR count). The number of thiazole rings is 1. The molecule has 33 heteroatoms. The number of hydrogen-bond donors (Lipinski definition) is 7. The summed E-state index contributed by atoms with van der Waals surface area (Å²) in [6.07, 6.45) is 3.54. The van der Waals surface area contributed by atoms with E-state index < -0.39 is 59.0 Å². The molecule has 2 aliphatic heterocycles. The first-order valence-corrected chi connectivity index (χ1v) is 37.3. The van der Waals surface area contributed by atoms with E-state index in [1.807, 2.05) is 78.0 Å². The molecule has 8 N–H and O–H groups in total. The van der Waals surface area contributed by atoms with E-state index in [0.29, 0.717) is 95.7 Å². The molecule has 108 heavy (non-hydrogen) atoms. The molecular formula is C75H99N17O15S. The third kappa shape index (κ3) is 21.0. The van der Waals surface area contributed by atoms with Crippen molar-refractivity contribution in [1.82, 2.24) is 69.4 Å². The number of methoxy groups -OCH3 is 1. The molecule has 2 saturated heterocycles. The molecule has 8 aromatic rings. The number of β-amino-alcohol motifs (C(OH)–C–C–N with tert-alkyl or cyclic N) is 1. The van der Waals surface area contributed by atoms with E-state index >= 15 is 0 Å². The fraction of sp³-hybridized carbons (Fsp3) is 0.493. The first-order chi connectivity index (χ1) is 52.0. The van der Waals surface area contributed by atoms with Crippen LogP contribution in [-0.4, -0.2) is 231 Å². The minimum atomic E-state index is -0.974. The number of ether oxygens (including phenoxy) is 7. The molecule has 0 spiro atoms. The molecule has 0 bridgehead atoms. The lowest BCUT2D eigenvalue weighted by Gasteiger charge is -2.35. The van der Waals surface area contributed by atoms with Crippen molar-refractivity contribution in [3.63, 3.8) is 0 Å². The molecule has 7 amide bonds. The zero-order chi connectivity index (χ0) is 77.0. The minimum absolute atomic E-state index is 0.0223. The highest BCUT2D eigenvalue weighted by Gasteiger charge is 2.44. The Balaban J connectivity index is 0.686. The van der Waals surface area contributed by atoms with Gasteiger partial charge in [0.2, 0.25) is 35.5 Å². The molecule has 3 aromatic carbocycles. The van der Waals surface area contributed by atoms with Gasteiger partial charge in [-0.05, 0) is 94.0 Å². The molecule has 2 aliphatic rings. The first-order valence-electron chi connectivity index (χ1n) is 36.4. The minimum Gasteiger partial charge on any atom is -0.494 e. The van der Waals surface area contributed by atoms with Crippen LogP contribution in [0, 0.1) is 26.2 Å². The van der Waals surface area contributed by atoms with Crippen LogP contribution in [0.5, 0.6) is 11.5 Å². The van der Waals surface area contributed by atoms with Gasteiger partial charge in [-0.15, -0.1) is 11.3 Å². The van der Waals surface area contributed by atoms with Crippen molar-refractivity contribution < 1.29 is 71.8 Å². The standard InChI is InChI=1S/C75H99N17O15S/c1-10-91-58(37-47(3)85-91)70(98)83-73-81-56-40-53(42-60(101-9)63(56)88(73)22-12-13-23-89-64-55(80-74(89)84-71(99)59-38-48(4)86-92(59)11-2)39-52(67(76)95)41-61(64)107-26-14-21-87-24-29-104-30-25-87)68(96)77-20-28-103-32-34-106-36-35-105-33-31-102-27-19-62(94)82-66(75(6,7)8)72(100)90-45-54(93)43-57(90)69(97)78-44-50-15-17-51(18-16-50)65-49(5)79-46-108-65/h12-13,15-18,37-42,46,54,57,66,93H,10-11,14,19-36,43-45H2,1-9H3,(H2,76,95)(H,77,96)(H,78,97)(H,82,94)(H,80,84,99)(H,81,83,98)/b13-12+/t54-,57+,66+/m1/s1. The summed E-state index contributed by atoms with van der Waals surface area (Å²) in [6, 6.07) is 15.7. The number of primary amides is 1. The van der Waals surface area contributed by atoms with Crippen LogP contribution in [0.15, 0.2) is 78.3 Å². The van der Waals surface area contributed by atoms with Gasteiger partial charge in [-0.25, -0.2) is 15.0 Å². The number of hydrogen-bond acceptors (Lipinski definition) is 22. The second-order valence-electron chi connectivity index (χ2n) is 27.3. The number of imidazole rings is 2. The van der Waals surface area contributed by atoms with Gasteiger partial charge in [0, 0.05) is 89.4 Å². The van der Waals surface area contributed by atoms with Gasteiger partial charge < -0.3 is 74.0 Å². The number of amides is 7. The lowest BCUT2D eigenvalue weighted by Crippen LogP contribution is -2.57. The SMILES string of the molecule is CCn1nc(C)cc1C(=O)Nc1nc2cc(C(=O)NCCOCCOCCOCCOCCC(=O)N[C@@H](C(=O)N3C[C@H](O)C[C@H]3C(=O)NCc3ccc(-c4scnc4C)cc3)C(C)(C)C)cc(OC)c2n1C/C=C/Cn1c(NC(=O)c2cc(C)nn2CC)nc2cc(C(N)=O)cc(OCCCN3CCOCC3)c21. The lowest BCUT2D eigenvalue weighted by molar-refractivity contribution is -0.144. The second-order valence-corrected chi connectivity index (χ2v) is 28.1. The number of allylic oxidation sites excluding steroid dienone is 2. The van der Waals surface area contributed by atoms with Crippen molar-refractivity contribution in [2.75, 3.05) is 123 Å². The number of likely N-dealkylation sites (tertiary alicyclic amines) is 1. The predicted molar refractivity (Wildman–Crippen MR) is 404 cm³/mol. The third-order valence-electron chi connectivity index (χ3n) is 18.3. The first kappa shape index (κ1) is 80.5. The smallest absolute Gasteiger partial charge is 0.276 e. The number of nitrogens with zero attached hydrogens (tertiary/aromatic N) is 11. The Morgan fingerprint density at radius 1 is 0.713 bits per heavy atom. The number of rotatable bonds is 39. The fourth-order valence-corrected chi connectivity index (χ4v) is 13.6. The summed E-state index contributed by atoms with van der Waals surface area (Å²) in [6.45, 7) is 22.1. The summed E-state index contributed by atoms with van der Waals surface area (Å²) in [7, 11) is 1.47. The van der Waals surface area contributed by atoms with Gasteiger partial charge in [-0.2, -0.15) is 10.2 Å². The fourth-order valence-electron chi connectivity index (χ4n) is 12.7. The van der Waals surface area contributed by atoms with Crippen LogP contribution in [-0.2, 0) is 70.8 Å². The predicted octanol–water partition coefficient (Wildman–Crippen LogP) is 5.83. The van der Waals surface area contributed by atoms with Gasteiger partial charge in [0.15, 0.2) is 0 Å². The molecule has 32 nitrogen and oxygen atoms in total. The van der Waals surface area contributed by atoms with Crippen LogP contribution in [0.4, 0.5) is 11.9 Å². The van der Waals surface area contributed by atoms with Crippen molar-refractivity contribution in [3.8, 4) is 21.9 Å². The highest BCUT2D eigenvalue weighted by molar-refractivity contribution is 7.13. The van der Waals surface area contributed by atoms with Crippen LogP contribution in [0.1, 0.15) is 118 Å². The van der Waals surface area contributed by atoms with Crippen molar-refractivity contribution >= 4 is 86.7 Å². The van der Waals surface area contributed by atoms with Crippen molar-refractivity contribution in [3.05, 3.63) is 123 Å².